The number of hydrogen-bond donors (Lipinski definition) is 6. The van der Waals surface area contributed by atoms with Crippen LogP contribution in [-0.2, 0) is 39.9 Å². The standard InChI is InChI=1S/C42H65N3O9.CH2O2/c1-9-34(51-8)29(4)38-39(54-38)40(44-26-31-13-15-32(16-14-31)45-23-21-43-22-24-45)42(7,50)19-10-11-27(2)37-28(3)12-17-35(52-30(5)46)41(6,49)20-18-33(47)25-36(48)53-37;2-1-3/h10-17,19,28-29,33-35,37-40,43-44,47,49-50H,9,18,20-26H2,1-8H3;1H,(H,2,3)/b17-12+,19-10+,27-11+;/t28-,29+,33+,34-,35-,37?,38+,39-,40?,41+,42?;/m0./s1. The van der Waals surface area contributed by atoms with Gasteiger partial charge in [-0.1, -0.05) is 57.2 Å². The van der Waals surface area contributed by atoms with Crippen LogP contribution in [0.25, 0.3) is 0 Å². The van der Waals surface area contributed by atoms with Gasteiger partial charge in [0, 0.05) is 64.3 Å². The third-order valence-electron chi connectivity index (χ3n) is 11.1. The lowest BCUT2D eigenvalue weighted by molar-refractivity contribution is -0.157. The number of rotatable bonds is 14. The highest BCUT2D eigenvalue weighted by Gasteiger charge is 2.54. The van der Waals surface area contributed by atoms with Crippen molar-refractivity contribution in [1.82, 2.24) is 10.6 Å². The molecule has 1 aromatic carbocycles. The minimum atomic E-state index is -1.46. The number of cyclic esters (lactones) is 1. The van der Waals surface area contributed by atoms with Crippen LogP contribution in [-0.4, -0.2) is 126 Å². The van der Waals surface area contributed by atoms with Crippen LogP contribution in [0.3, 0.4) is 0 Å². The average molecular weight is 802 g/mol. The van der Waals surface area contributed by atoms with Crippen molar-refractivity contribution in [3.05, 3.63) is 65.8 Å². The molecule has 3 unspecified atom stereocenters. The molecule has 1 aromatic rings. The van der Waals surface area contributed by atoms with Gasteiger partial charge in [-0.2, -0.15) is 0 Å². The molecule has 0 saturated carbocycles. The molecule has 2 saturated heterocycles. The molecule has 3 aliphatic heterocycles. The fourth-order valence-electron chi connectivity index (χ4n) is 7.65. The van der Waals surface area contributed by atoms with Crippen LogP contribution < -0.4 is 15.5 Å². The summed E-state index contributed by atoms with van der Waals surface area (Å²) in [7, 11) is 1.72. The molecule has 14 heteroatoms. The quantitative estimate of drug-likeness (QED) is 0.0524. The van der Waals surface area contributed by atoms with Crippen LogP contribution in [0.15, 0.2) is 60.2 Å². The molecule has 320 valence electrons. The second-order valence-corrected chi connectivity index (χ2v) is 15.9. The van der Waals surface area contributed by atoms with Crippen molar-refractivity contribution in [2.24, 2.45) is 11.8 Å². The number of benzene rings is 1. The zero-order valence-electron chi connectivity index (χ0n) is 34.9. The molecule has 0 amide bonds. The lowest BCUT2D eigenvalue weighted by Gasteiger charge is -2.32. The number of anilines is 1. The number of epoxide rings is 1. The van der Waals surface area contributed by atoms with Crippen LogP contribution in [0.5, 0.6) is 0 Å². The molecular formula is C43H67N3O11. The maximum Gasteiger partial charge on any atom is 0.309 e. The number of piperazine rings is 1. The molecule has 0 aliphatic carbocycles. The third kappa shape index (κ3) is 14.6. The molecule has 6 N–H and O–H groups in total. The Morgan fingerprint density at radius 1 is 1.18 bits per heavy atom. The summed E-state index contributed by atoms with van der Waals surface area (Å²) in [6, 6.07) is 8.09. The molecular weight excluding hydrogens is 734 g/mol. The van der Waals surface area contributed by atoms with Gasteiger partial charge < -0.3 is 54.9 Å². The lowest BCUT2D eigenvalue weighted by Crippen LogP contribution is -2.52. The molecule has 4 rings (SSSR count). The Hall–Kier alpha value is -3.63. The van der Waals surface area contributed by atoms with Crippen molar-refractivity contribution in [2.45, 2.75) is 135 Å². The van der Waals surface area contributed by atoms with Gasteiger partial charge in [-0.25, -0.2) is 0 Å². The van der Waals surface area contributed by atoms with Crippen LogP contribution >= 0.6 is 0 Å². The zero-order valence-corrected chi connectivity index (χ0v) is 34.9. The lowest BCUT2D eigenvalue weighted by atomic mass is 9.87. The third-order valence-corrected chi connectivity index (χ3v) is 11.1. The molecule has 11 atom stereocenters. The number of ether oxygens (including phenoxy) is 4. The van der Waals surface area contributed by atoms with E-state index < -0.39 is 47.5 Å². The van der Waals surface area contributed by atoms with Crippen LogP contribution in [0.2, 0.25) is 0 Å². The number of esters is 2. The first-order valence-electron chi connectivity index (χ1n) is 20.1. The molecule has 3 heterocycles. The molecule has 3 aliphatic rings. The maximum atomic E-state index is 13.0. The van der Waals surface area contributed by atoms with E-state index in [9.17, 15) is 24.9 Å². The van der Waals surface area contributed by atoms with Crippen molar-refractivity contribution in [1.29, 1.82) is 0 Å². The van der Waals surface area contributed by atoms with E-state index in [4.69, 9.17) is 28.8 Å². The van der Waals surface area contributed by atoms with Gasteiger partial charge in [0.2, 0.25) is 0 Å². The van der Waals surface area contributed by atoms with Gasteiger partial charge in [0.15, 0.2) is 0 Å². The number of aliphatic hydroxyl groups is 3. The summed E-state index contributed by atoms with van der Waals surface area (Å²) in [5.41, 5.74) is 0.194. The van der Waals surface area contributed by atoms with Gasteiger partial charge >= 0.3 is 11.9 Å². The highest BCUT2D eigenvalue weighted by Crippen LogP contribution is 2.39. The van der Waals surface area contributed by atoms with Crippen molar-refractivity contribution in [2.75, 3.05) is 38.2 Å². The molecule has 2 fully saturated rings. The predicted molar refractivity (Wildman–Crippen MR) is 217 cm³/mol. The summed E-state index contributed by atoms with van der Waals surface area (Å²) in [5, 5.41) is 47.6. The largest absolute Gasteiger partial charge is 0.483 e. The molecule has 0 radical (unpaired) electrons. The van der Waals surface area contributed by atoms with E-state index in [-0.39, 0.29) is 55.9 Å². The van der Waals surface area contributed by atoms with Gasteiger partial charge in [-0.3, -0.25) is 14.4 Å². The summed E-state index contributed by atoms with van der Waals surface area (Å²) in [6.45, 7) is 16.7. The highest BCUT2D eigenvalue weighted by atomic mass is 16.6. The second-order valence-electron chi connectivity index (χ2n) is 15.9. The van der Waals surface area contributed by atoms with Crippen molar-refractivity contribution >= 4 is 24.1 Å². The minimum Gasteiger partial charge on any atom is -0.483 e. The van der Waals surface area contributed by atoms with E-state index in [0.717, 1.165) is 38.2 Å². The van der Waals surface area contributed by atoms with Gasteiger partial charge in [0.05, 0.1) is 36.4 Å². The predicted octanol–water partition coefficient (Wildman–Crippen LogP) is 3.67. The van der Waals surface area contributed by atoms with Crippen molar-refractivity contribution in [3.63, 3.8) is 0 Å². The summed E-state index contributed by atoms with van der Waals surface area (Å²) in [6.07, 6.45) is 6.48. The number of aliphatic hydroxyl groups excluding tert-OH is 1. The molecule has 0 spiro atoms. The van der Waals surface area contributed by atoms with E-state index in [2.05, 4.69) is 53.6 Å². The highest BCUT2D eigenvalue weighted by molar-refractivity contribution is 5.70. The fourth-order valence-corrected chi connectivity index (χ4v) is 7.65. The summed E-state index contributed by atoms with van der Waals surface area (Å²) in [4.78, 5) is 35.6. The number of carbonyl (C=O) groups excluding carboxylic acids is 2. The van der Waals surface area contributed by atoms with Gasteiger partial charge in [-0.15, -0.1) is 0 Å². The number of methoxy groups -OCH3 is 1. The number of hydrogen-bond acceptors (Lipinski definition) is 13. The van der Waals surface area contributed by atoms with Crippen LogP contribution in [0.4, 0.5) is 5.69 Å². The number of allylic oxidation sites excluding steroid dienone is 2. The van der Waals surface area contributed by atoms with Gasteiger partial charge in [-0.05, 0) is 69.4 Å². The second kappa shape index (κ2) is 22.5. The number of nitrogens with zero attached hydrogens (tertiary/aromatic N) is 1. The SMILES string of the molecule is CC[C@H](OC)[C@@H](C)[C@H]1O[C@@H]1C(NCc1ccc(N2CCNCC2)cc1)C(C)(O)/C=C/C=C(\C)C1OC(=O)C[C@H](O)CC[C@@](C)(O)[C@@H](OC(C)=O)/C=C/[C@@H]1C.O=CO. The van der Waals surface area contributed by atoms with Crippen LogP contribution in [0, 0.1) is 11.8 Å². The van der Waals surface area contributed by atoms with E-state index >= 15 is 0 Å². The smallest absolute Gasteiger partial charge is 0.309 e. The zero-order chi connectivity index (χ0) is 42.3. The Labute approximate surface area is 338 Å². The molecule has 57 heavy (non-hydrogen) atoms. The molecule has 0 bridgehead atoms. The Morgan fingerprint density at radius 2 is 1.82 bits per heavy atom. The monoisotopic (exact) mass is 801 g/mol. The minimum absolute atomic E-state index is 0.0329. The van der Waals surface area contributed by atoms with Gasteiger partial charge in [0.1, 0.15) is 23.9 Å². The van der Waals surface area contributed by atoms with Gasteiger partial charge in [0.25, 0.3) is 6.47 Å². The number of carbonyl (C=O) groups is 3. The normalized spacial score (nSPS) is 30.5. The van der Waals surface area contributed by atoms with E-state index in [1.165, 1.54) is 12.6 Å². The van der Waals surface area contributed by atoms with Crippen molar-refractivity contribution < 1.29 is 53.8 Å². The average Bonchev–Trinajstić information content (AvgIpc) is 3.95. The Balaban J connectivity index is 0.00000281. The molecule has 14 nitrogen and oxygen atoms in total. The topological polar surface area (TPSA) is 200 Å². The summed E-state index contributed by atoms with van der Waals surface area (Å²) < 4.78 is 23.3. The van der Waals surface area contributed by atoms with E-state index in [1.54, 1.807) is 51.3 Å². The summed E-state index contributed by atoms with van der Waals surface area (Å²) >= 11 is 0. The Kier molecular flexibility index (Phi) is 18.8. The first-order valence-corrected chi connectivity index (χ1v) is 20.1. The first-order chi connectivity index (χ1) is 27.0. The molecule has 0 aromatic heterocycles. The fraction of sp³-hybridized carbons (Fsp3) is 0.651. The van der Waals surface area contributed by atoms with Crippen LogP contribution in [0.1, 0.15) is 79.7 Å². The van der Waals surface area contributed by atoms with E-state index in [0.29, 0.717) is 12.1 Å². The summed E-state index contributed by atoms with van der Waals surface area (Å²) in [5.74, 6) is -1.36. The maximum absolute atomic E-state index is 13.0. The Morgan fingerprint density at radius 3 is 2.42 bits per heavy atom. The van der Waals surface area contributed by atoms with Crippen molar-refractivity contribution in [3.8, 4) is 0 Å². The van der Waals surface area contributed by atoms with E-state index in [1.807, 2.05) is 13.8 Å². The number of nitrogens with one attached hydrogen (secondary N) is 2. The number of carboxylic acid groups (broad SMARTS) is 1. The Bertz CT molecular complexity index is 1500. The first kappa shape index (κ1) is 47.7.